The predicted octanol–water partition coefficient (Wildman–Crippen LogP) is 3.83. The second kappa shape index (κ2) is 12.4. The number of anilines is 1. The maximum Gasteiger partial charge on any atom is 0.349 e. The Bertz CT molecular complexity index is 1310. The van der Waals surface area contributed by atoms with Gasteiger partial charge in [0.2, 0.25) is 12.2 Å². The zero-order chi connectivity index (χ0) is 26.9. The molecule has 0 aliphatic heterocycles. The van der Waals surface area contributed by atoms with E-state index in [0.717, 1.165) is 0 Å². The topological polar surface area (TPSA) is 137 Å². The first-order chi connectivity index (χ1) is 17.7. The Morgan fingerprint density at radius 1 is 0.757 bits per heavy atom. The fourth-order valence-corrected chi connectivity index (χ4v) is 3.33. The average Bonchev–Trinajstić information content (AvgIpc) is 2.90. The van der Waals surface area contributed by atoms with Crippen molar-refractivity contribution in [1.29, 1.82) is 0 Å². The van der Waals surface area contributed by atoms with Crippen LogP contribution in [0.3, 0.4) is 0 Å². The first-order valence-corrected chi connectivity index (χ1v) is 11.1. The fraction of sp³-hybridized carbons (Fsp3) is 0.154. The minimum atomic E-state index is -2.20. The molecule has 0 aliphatic carbocycles. The van der Waals surface area contributed by atoms with Crippen LogP contribution in [0.2, 0.25) is 5.02 Å². The van der Waals surface area contributed by atoms with Crippen molar-refractivity contribution in [2.75, 3.05) is 19.5 Å². The number of hydrogen-bond donors (Lipinski definition) is 2. The summed E-state index contributed by atoms with van der Waals surface area (Å²) >= 11 is 5.95. The van der Waals surface area contributed by atoms with Crippen LogP contribution < -0.4 is 14.8 Å². The normalized spacial score (nSPS) is 12.0. The highest BCUT2D eigenvalue weighted by atomic mass is 35.5. The van der Waals surface area contributed by atoms with Gasteiger partial charge in [-0.3, -0.25) is 4.79 Å². The molecule has 0 spiro atoms. The third kappa shape index (κ3) is 7.21. The van der Waals surface area contributed by atoms with E-state index in [1.807, 2.05) is 0 Å². The summed E-state index contributed by atoms with van der Waals surface area (Å²) in [5.74, 6) is -4.27. The average molecular weight is 528 g/mol. The molecule has 2 atom stereocenters. The number of benzene rings is 3. The van der Waals surface area contributed by atoms with Crippen LogP contribution in [0, 0.1) is 0 Å². The zero-order valence-electron chi connectivity index (χ0n) is 19.7. The van der Waals surface area contributed by atoms with Crippen LogP contribution in [0.5, 0.6) is 11.5 Å². The number of carbonyl (C=O) groups excluding carboxylic acids is 3. The van der Waals surface area contributed by atoms with Gasteiger partial charge in [-0.05, 0) is 54.6 Å². The van der Waals surface area contributed by atoms with Crippen LogP contribution in [0.1, 0.15) is 20.7 Å². The van der Waals surface area contributed by atoms with Crippen LogP contribution in [-0.2, 0) is 19.1 Å². The van der Waals surface area contributed by atoms with Crippen molar-refractivity contribution in [3.8, 4) is 11.5 Å². The summed E-state index contributed by atoms with van der Waals surface area (Å²) < 4.78 is 20.6. The molecule has 0 bridgehead atoms. The van der Waals surface area contributed by atoms with E-state index in [-0.39, 0.29) is 16.8 Å². The molecule has 3 aromatic rings. The van der Waals surface area contributed by atoms with Crippen molar-refractivity contribution in [2.24, 2.45) is 0 Å². The molecular formula is C26H22ClNO9. The van der Waals surface area contributed by atoms with Crippen molar-refractivity contribution in [1.82, 2.24) is 0 Å². The first-order valence-electron chi connectivity index (χ1n) is 10.7. The van der Waals surface area contributed by atoms with E-state index in [4.69, 9.17) is 30.5 Å². The lowest BCUT2D eigenvalue weighted by Crippen LogP contribution is -2.48. The lowest BCUT2D eigenvalue weighted by atomic mass is 10.1. The van der Waals surface area contributed by atoms with E-state index < -0.39 is 36.0 Å². The number of ether oxygens (including phenoxy) is 4. The van der Waals surface area contributed by atoms with E-state index in [9.17, 15) is 24.3 Å². The van der Waals surface area contributed by atoms with Gasteiger partial charge in [-0.2, -0.15) is 0 Å². The largest absolute Gasteiger partial charge is 0.497 e. The number of esters is 2. The van der Waals surface area contributed by atoms with Gasteiger partial charge in [-0.25, -0.2) is 14.4 Å². The van der Waals surface area contributed by atoms with Gasteiger partial charge in [0.1, 0.15) is 11.5 Å². The van der Waals surface area contributed by atoms with Crippen molar-refractivity contribution in [3.63, 3.8) is 0 Å². The standard InChI is InChI=1S/C26H22ClNO9/c1-34-19-10-3-6-15(12-19)25(32)36-21(23(29)28-18-9-5-8-17(27)14-18)22(24(30)31)37-26(33)16-7-4-11-20(13-16)35-2/h3-14,21-22H,1-2H3,(H,28,29)(H,30,31)/t21-,22+/m0/s1. The number of nitrogens with one attached hydrogen (secondary N) is 1. The molecule has 2 N–H and O–H groups in total. The first kappa shape index (κ1) is 27.0. The maximum absolute atomic E-state index is 13.1. The number of aliphatic carboxylic acids is 1. The number of rotatable bonds is 10. The Morgan fingerprint density at radius 3 is 1.76 bits per heavy atom. The van der Waals surface area contributed by atoms with Crippen molar-refractivity contribution in [3.05, 3.63) is 88.9 Å². The second-order valence-electron chi connectivity index (χ2n) is 7.45. The smallest absolute Gasteiger partial charge is 0.349 e. The Balaban J connectivity index is 1.93. The molecule has 0 fully saturated rings. The van der Waals surface area contributed by atoms with Crippen LogP contribution in [0.25, 0.3) is 0 Å². The van der Waals surface area contributed by atoms with Gasteiger partial charge >= 0.3 is 17.9 Å². The van der Waals surface area contributed by atoms with Crippen molar-refractivity contribution in [2.45, 2.75) is 12.2 Å². The summed E-state index contributed by atoms with van der Waals surface area (Å²) in [5, 5.41) is 12.6. The minimum Gasteiger partial charge on any atom is -0.497 e. The summed E-state index contributed by atoms with van der Waals surface area (Å²) in [5.41, 5.74) is 0.130. The molecule has 0 aliphatic rings. The number of hydrogen-bond acceptors (Lipinski definition) is 8. The molecule has 0 aromatic heterocycles. The predicted molar refractivity (Wildman–Crippen MR) is 132 cm³/mol. The highest BCUT2D eigenvalue weighted by Crippen LogP contribution is 2.20. The van der Waals surface area contributed by atoms with E-state index in [1.54, 1.807) is 24.3 Å². The Kier molecular flexibility index (Phi) is 9.06. The summed E-state index contributed by atoms with van der Waals surface area (Å²) in [7, 11) is 2.78. The van der Waals surface area contributed by atoms with Gasteiger partial charge in [-0.15, -0.1) is 0 Å². The molecule has 10 nitrogen and oxygen atoms in total. The van der Waals surface area contributed by atoms with Gasteiger partial charge in [0, 0.05) is 10.7 Å². The number of carboxylic acid groups (broad SMARTS) is 1. The monoisotopic (exact) mass is 527 g/mol. The zero-order valence-corrected chi connectivity index (χ0v) is 20.4. The number of carbonyl (C=O) groups is 4. The molecule has 3 aromatic carbocycles. The second-order valence-corrected chi connectivity index (χ2v) is 7.89. The Labute approximate surface area is 216 Å². The van der Waals surface area contributed by atoms with Crippen LogP contribution >= 0.6 is 11.6 Å². The van der Waals surface area contributed by atoms with E-state index in [2.05, 4.69) is 5.32 Å². The summed E-state index contributed by atoms with van der Waals surface area (Å²) in [6.07, 6.45) is -4.28. The molecule has 0 saturated heterocycles. The molecule has 11 heteroatoms. The molecular weight excluding hydrogens is 506 g/mol. The number of methoxy groups -OCH3 is 2. The molecule has 3 rings (SSSR count). The van der Waals surface area contributed by atoms with Gasteiger partial charge in [0.05, 0.1) is 25.3 Å². The van der Waals surface area contributed by atoms with Crippen LogP contribution in [0.4, 0.5) is 5.69 Å². The number of carboxylic acids is 1. The van der Waals surface area contributed by atoms with Gasteiger partial charge in [-0.1, -0.05) is 29.8 Å². The van der Waals surface area contributed by atoms with Crippen molar-refractivity contribution >= 4 is 41.1 Å². The lowest BCUT2D eigenvalue weighted by molar-refractivity contribution is -0.157. The lowest BCUT2D eigenvalue weighted by Gasteiger charge is -2.23. The van der Waals surface area contributed by atoms with Gasteiger partial charge in [0.15, 0.2) is 0 Å². The number of amides is 1. The summed E-state index contributed by atoms with van der Waals surface area (Å²) in [6, 6.07) is 17.6. The third-order valence-electron chi connectivity index (χ3n) is 4.95. The van der Waals surface area contributed by atoms with Crippen molar-refractivity contribution < 1.29 is 43.2 Å². The summed E-state index contributed by atoms with van der Waals surface area (Å²) in [4.78, 5) is 50.9. The SMILES string of the molecule is COc1cccc(C(=O)O[C@H](C(=O)Nc2cccc(Cl)c2)[C@@H](OC(=O)c2cccc(OC)c2)C(=O)O)c1. The van der Waals surface area contributed by atoms with Crippen LogP contribution in [-0.4, -0.2) is 55.3 Å². The Morgan fingerprint density at radius 2 is 1.27 bits per heavy atom. The van der Waals surface area contributed by atoms with E-state index in [0.29, 0.717) is 16.5 Å². The molecule has 0 unspecified atom stereocenters. The summed E-state index contributed by atoms with van der Waals surface area (Å²) in [6.45, 7) is 0. The molecule has 0 radical (unpaired) electrons. The highest BCUT2D eigenvalue weighted by molar-refractivity contribution is 6.30. The molecule has 192 valence electrons. The van der Waals surface area contributed by atoms with Gasteiger partial charge < -0.3 is 29.4 Å². The maximum atomic E-state index is 13.1. The third-order valence-corrected chi connectivity index (χ3v) is 5.18. The quantitative estimate of drug-likeness (QED) is 0.377. The Hall–Kier alpha value is -4.57. The minimum absolute atomic E-state index is 0.0248. The van der Waals surface area contributed by atoms with E-state index in [1.165, 1.54) is 62.8 Å². The van der Waals surface area contributed by atoms with Crippen LogP contribution in [0.15, 0.2) is 72.8 Å². The molecule has 37 heavy (non-hydrogen) atoms. The van der Waals surface area contributed by atoms with Gasteiger partial charge in [0.25, 0.3) is 5.91 Å². The number of halogens is 1. The highest BCUT2D eigenvalue weighted by Gasteiger charge is 2.41. The van der Waals surface area contributed by atoms with E-state index >= 15 is 0 Å². The molecule has 0 heterocycles. The molecule has 0 saturated carbocycles. The fourth-order valence-electron chi connectivity index (χ4n) is 3.14. The molecule has 1 amide bonds.